The summed E-state index contributed by atoms with van der Waals surface area (Å²) in [5.74, 6) is -0.716. The van der Waals surface area contributed by atoms with Gasteiger partial charge in [-0.05, 0) is 36.8 Å². The summed E-state index contributed by atoms with van der Waals surface area (Å²) in [5.41, 5.74) is 7.15. The normalized spacial score (nSPS) is 11.8. The number of benzene rings is 2. The molecule has 0 aliphatic rings. The Kier molecular flexibility index (Phi) is 4.42. The van der Waals surface area contributed by atoms with Crippen molar-refractivity contribution < 1.29 is 13.9 Å². The van der Waals surface area contributed by atoms with Gasteiger partial charge in [0.1, 0.15) is 11.6 Å². The Balaban J connectivity index is 2.12. The van der Waals surface area contributed by atoms with Crippen molar-refractivity contribution in [3.05, 3.63) is 59.4 Å². The van der Waals surface area contributed by atoms with Gasteiger partial charge in [0.05, 0.1) is 18.7 Å². The molecular formula is C16H17FN2O2. The zero-order chi connectivity index (χ0) is 15.4. The second-order valence-corrected chi connectivity index (χ2v) is 4.71. The van der Waals surface area contributed by atoms with Gasteiger partial charge in [0.15, 0.2) is 0 Å². The molecule has 0 aromatic heterocycles. The fourth-order valence-corrected chi connectivity index (χ4v) is 1.95. The number of anilines is 1. The predicted octanol–water partition coefficient (Wildman–Crippen LogP) is 2.91. The largest absolute Gasteiger partial charge is 0.497 e. The van der Waals surface area contributed by atoms with E-state index in [2.05, 4.69) is 5.32 Å². The Labute approximate surface area is 122 Å². The minimum absolute atomic E-state index is 0.0157. The second-order valence-electron chi connectivity index (χ2n) is 4.71. The van der Waals surface area contributed by atoms with E-state index in [9.17, 15) is 9.18 Å². The summed E-state index contributed by atoms with van der Waals surface area (Å²) in [7, 11) is 1.44. The van der Waals surface area contributed by atoms with Crippen molar-refractivity contribution >= 4 is 11.6 Å². The molecule has 1 atom stereocenters. The molecular weight excluding hydrogens is 271 g/mol. The fraction of sp³-hybridized carbons (Fsp3) is 0.188. The number of nitrogen functional groups attached to an aromatic ring is 1. The number of amides is 1. The highest BCUT2D eigenvalue weighted by atomic mass is 19.1. The van der Waals surface area contributed by atoms with Crippen LogP contribution in [0.15, 0.2) is 42.5 Å². The van der Waals surface area contributed by atoms with Crippen LogP contribution in [0.5, 0.6) is 5.75 Å². The molecule has 21 heavy (non-hydrogen) atoms. The van der Waals surface area contributed by atoms with Gasteiger partial charge in [-0.2, -0.15) is 0 Å². The Morgan fingerprint density at radius 3 is 2.48 bits per heavy atom. The Morgan fingerprint density at radius 2 is 1.90 bits per heavy atom. The standard InChI is InChI=1S/C16H17FN2O2/c1-10(11-3-5-12(18)6-4-11)19-16(20)14-8-7-13(21-2)9-15(14)17/h3-10H,18H2,1-2H3,(H,19,20). The van der Waals surface area contributed by atoms with Crippen LogP contribution in [0.25, 0.3) is 0 Å². The summed E-state index contributed by atoms with van der Waals surface area (Å²) in [6, 6.07) is 11.0. The zero-order valence-electron chi connectivity index (χ0n) is 11.9. The van der Waals surface area contributed by atoms with E-state index < -0.39 is 11.7 Å². The van der Waals surface area contributed by atoms with Crippen molar-refractivity contribution in [3.63, 3.8) is 0 Å². The number of halogens is 1. The maximum absolute atomic E-state index is 13.8. The van der Waals surface area contributed by atoms with Crippen LogP contribution < -0.4 is 15.8 Å². The highest BCUT2D eigenvalue weighted by molar-refractivity contribution is 5.94. The molecule has 3 N–H and O–H groups in total. The molecule has 0 aliphatic heterocycles. The third-order valence-corrected chi connectivity index (χ3v) is 3.20. The van der Waals surface area contributed by atoms with Gasteiger partial charge in [-0.25, -0.2) is 4.39 Å². The van der Waals surface area contributed by atoms with Crippen LogP contribution >= 0.6 is 0 Å². The highest BCUT2D eigenvalue weighted by Gasteiger charge is 2.15. The van der Waals surface area contributed by atoms with Crippen molar-refractivity contribution in [1.82, 2.24) is 5.32 Å². The van der Waals surface area contributed by atoms with Gasteiger partial charge in [0.2, 0.25) is 0 Å². The SMILES string of the molecule is COc1ccc(C(=O)NC(C)c2ccc(N)cc2)c(F)c1. The molecule has 1 amide bonds. The lowest BCUT2D eigenvalue weighted by molar-refractivity contribution is 0.0936. The first-order valence-corrected chi connectivity index (χ1v) is 6.51. The van der Waals surface area contributed by atoms with E-state index in [0.717, 1.165) is 5.56 Å². The molecule has 4 nitrogen and oxygen atoms in total. The summed E-state index contributed by atoms with van der Waals surface area (Å²) >= 11 is 0. The third-order valence-electron chi connectivity index (χ3n) is 3.20. The summed E-state index contributed by atoms with van der Waals surface area (Å²) < 4.78 is 18.7. The molecule has 5 heteroatoms. The minimum Gasteiger partial charge on any atom is -0.497 e. The van der Waals surface area contributed by atoms with Gasteiger partial charge in [0.25, 0.3) is 5.91 Å². The van der Waals surface area contributed by atoms with Crippen molar-refractivity contribution in [2.45, 2.75) is 13.0 Å². The second kappa shape index (κ2) is 6.26. The van der Waals surface area contributed by atoms with Crippen molar-refractivity contribution in [1.29, 1.82) is 0 Å². The van der Waals surface area contributed by atoms with E-state index in [1.807, 2.05) is 19.1 Å². The molecule has 0 heterocycles. The molecule has 2 aromatic carbocycles. The Morgan fingerprint density at radius 1 is 1.24 bits per heavy atom. The number of hydrogen-bond acceptors (Lipinski definition) is 3. The minimum atomic E-state index is -0.614. The fourth-order valence-electron chi connectivity index (χ4n) is 1.95. The monoisotopic (exact) mass is 288 g/mol. The van der Waals surface area contributed by atoms with Crippen LogP contribution in [0, 0.1) is 5.82 Å². The molecule has 0 aliphatic carbocycles. The smallest absolute Gasteiger partial charge is 0.254 e. The van der Waals surface area contributed by atoms with Gasteiger partial charge in [-0.3, -0.25) is 4.79 Å². The lowest BCUT2D eigenvalue weighted by Gasteiger charge is -2.15. The van der Waals surface area contributed by atoms with E-state index in [1.54, 1.807) is 18.2 Å². The predicted molar refractivity (Wildman–Crippen MR) is 79.7 cm³/mol. The Bertz CT molecular complexity index is 641. The molecule has 0 bridgehead atoms. The van der Waals surface area contributed by atoms with E-state index in [4.69, 9.17) is 10.5 Å². The number of methoxy groups -OCH3 is 1. The first-order valence-electron chi connectivity index (χ1n) is 6.51. The molecule has 0 radical (unpaired) electrons. The van der Waals surface area contributed by atoms with Crippen LogP contribution in [0.2, 0.25) is 0 Å². The number of hydrogen-bond donors (Lipinski definition) is 2. The first-order chi connectivity index (χ1) is 10.0. The zero-order valence-corrected chi connectivity index (χ0v) is 11.9. The average molecular weight is 288 g/mol. The summed E-state index contributed by atoms with van der Waals surface area (Å²) in [4.78, 5) is 12.1. The summed E-state index contributed by atoms with van der Waals surface area (Å²) in [6.07, 6.45) is 0. The lowest BCUT2D eigenvalue weighted by atomic mass is 10.1. The number of nitrogens with two attached hydrogens (primary N) is 1. The van der Waals surface area contributed by atoms with Crippen LogP contribution in [0.3, 0.4) is 0 Å². The van der Waals surface area contributed by atoms with Gasteiger partial charge in [-0.15, -0.1) is 0 Å². The Hall–Kier alpha value is -2.56. The summed E-state index contributed by atoms with van der Waals surface area (Å²) in [5, 5.41) is 2.75. The average Bonchev–Trinajstić information content (AvgIpc) is 2.47. The van der Waals surface area contributed by atoms with Crippen molar-refractivity contribution in [2.24, 2.45) is 0 Å². The van der Waals surface area contributed by atoms with E-state index in [0.29, 0.717) is 11.4 Å². The van der Waals surface area contributed by atoms with Crippen LogP contribution in [-0.4, -0.2) is 13.0 Å². The topological polar surface area (TPSA) is 64.3 Å². The third kappa shape index (κ3) is 3.51. The van der Waals surface area contributed by atoms with Crippen molar-refractivity contribution in [3.8, 4) is 5.75 Å². The molecule has 2 aromatic rings. The number of ether oxygens (including phenoxy) is 1. The first kappa shape index (κ1) is 14.8. The maximum Gasteiger partial charge on any atom is 0.254 e. The van der Waals surface area contributed by atoms with Crippen LogP contribution in [-0.2, 0) is 0 Å². The molecule has 0 saturated heterocycles. The molecule has 2 rings (SSSR count). The summed E-state index contributed by atoms with van der Waals surface area (Å²) in [6.45, 7) is 1.82. The molecule has 0 saturated carbocycles. The van der Waals surface area contributed by atoms with Gasteiger partial charge < -0.3 is 15.8 Å². The molecule has 110 valence electrons. The quantitative estimate of drug-likeness (QED) is 0.850. The molecule has 0 fully saturated rings. The van der Waals surface area contributed by atoms with Crippen LogP contribution in [0.4, 0.5) is 10.1 Å². The van der Waals surface area contributed by atoms with Crippen LogP contribution in [0.1, 0.15) is 28.9 Å². The number of carbonyl (C=O) groups excluding carboxylic acids is 1. The molecule has 1 unspecified atom stereocenters. The van der Waals surface area contributed by atoms with Gasteiger partial charge in [0, 0.05) is 11.8 Å². The lowest BCUT2D eigenvalue weighted by Crippen LogP contribution is -2.27. The molecule has 0 spiro atoms. The van der Waals surface area contributed by atoms with Gasteiger partial charge in [-0.1, -0.05) is 12.1 Å². The number of nitrogens with one attached hydrogen (secondary N) is 1. The highest BCUT2D eigenvalue weighted by Crippen LogP contribution is 2.18. The van der Waals surface area contributed by atoms with E-state index >= 15 is 0 Å². The number of carbonyl (C=O) groups is 1. The van der Waals surface area contributed by atoms with Gasteiger partial charge >= 0.3 is 0 Å². The number of rotatable bonds is 4. The van der Waals surface area contributed by atoms with E-state index in [1.165, 1.54) is 19.2 Å². The van der Waals surface area contributed by atoms with Crippen molar-refractivity contribution in [2.75, 3.05) is 12.8 Å². The van der Waals surface area contributed by atoms with E-state index in [-0.39, 0.29) is 11.6 Å². The maximum atomic E-state index is 13.8.